The second kappa shape index (κ2) is 8.75. The molecule has 0 aromatic carbocycles. The van der Waals surface area contributed by atoms with Gasteiger partial charge in [-0.15, -0.1) is 0 Å². The molecule has 0 saturated heterocycles. The Bertz CT molecular complexity index is 1410. The lowest BCUT2D eigenvalue weighted by Gasteiger charge is -2.18. The van der Waals surface area contributed by atoms with E-state index in [-0.39, 0.29) is 0 Å². The van der Waals surface area contributed by atoms with Crippen LogP contribution in [-0.4, -0.2) is 54.3 Å². The minimum absolute atomic E-state index is 0.864. The lowest BCUT2D eigenvalue weighted by Crippen LogP contribution is -2.27. The number of aromatic nitrogens is 6. The fraction of sp³-hybridized carbons (Fsp3) is 0.308. The Morgan fingerprint density at radius 2 is 1.82 bits per heavy atom. The summed E-state index contributed by atoms with van der Waals surface area (Å²) in [6.45, 7) is 12.6. The summed E-state index contributed by atoms with van der Waals surface area (Å²) >= 11 is 0. The van der Waals surface area contributed by atoms with Crippen LogP contribution in [0.3, 0.4) is 0 Å². The molecule has 5 aromatic rings. The van der Waals surface area contributed by atoms with Crippen molar-refractivity contribution in [2.75, 3.05) is 19.6 Å². The van der Waals surface area contributed by atoms with Gasteiger partial charge in [0.25, 0.3) is 0 Å². The first-order valence-electron chi connectivity index (χ1n) is 11.5. The molecule has 1 N–H and O–H groups in total. The molecule has 0 atom stereocenters. The van der Waals surface area contributed by atoms with Crippen molar-refractivity contribution in [1.82, 2.24) is 34.6 Å². The van der Waals surface area contributed by atoms with E-state index in [1.807, 2.05) is 30.7 Å². The van der Waals surface area contributed by atoms with Crippen LogP contribution in [-0.2, 0) is 6.54 Å². The lowest BCUT2D eigenvalue weighted by atomic mass is 10.0. The number of H-pyrrole nitrogens is 1. The van der Waals surface area contributed by atoms with Gasteiger partial charge >= 0.3 is 0 Å². The number of hydrogen-bond acceptors (Lipinski definition) is 5. The van der Waals surface area contributed by atoms with E-state index in [2.05, 4.69) is 64.4 Å². The molecule has 168 valence electrons. The summed E-state index contributed by atoms with van der Waals surface area (Å²) in [5.74, 6) is 0. The minimum atomic E-state index is 0.864. The molecule has 33 heavy (non-hydrogen) atoms. The Morgan fingerprint density at radius 1 is 0.970 bits per heavy atom. The predicted octanol–water partition coefficient (Wildman–Crippen LogP) is 5.00. The highest BCUT2D eigenvalue weighted by molar-refractivity contribution is 6.07. The van der Waals surface area contributed by atoms with Gasteiger partial charge in [-0.3, -0.25) is 14.6 Å². The molecule has 0 aliphatic rings. The molecule has 0 bridgehead atoms. The van der Waals surface area contributed by atoms with Crippen molar-refractivity contribution in [3.8, 4) is 22.4 Å². The molecular weight excluding hydrogens is 410 g/mol. The quantitative estimate of drug-likeness (QED) is 0.386. The Kier molecular flexibility index (Phi) is 5.64. The highest BCUT2D eigenvalue weighted by atomic mass is 15.3. The van der Waals surface area contributed by atoms with Crippen molar-refractivity contribution in [1.29, 1.82) is 0 Å². The number of nitrogens with one attached hydrogen (secondary N) is 1. The average molecular weight is 440 g/mol. The number of aryl methyl sites for hydroxylation is 1. The largest absolute Gasteiger partial charge is 0.338 e. The number of nitrogens with zero attached hydrogens (tertiary/aromatic N) is 6. The van der Waals surface area contributed by atoms with Gasteiger partial charge in [0, 0.05) is 58.3 Å². The molecule has 7 heteroatoms. The van der Waals surface area contributed by atoms with Gasteiger partial charge in [-0.2, -0.15) is 5.10 Å². The van der Waals surface area contributed by atoms with Crippen LogP contribution in [0, 0.1) is 13.8 Å². The summed E-state index contributed by atoms with van der Waals surface area (Å²) in [5, 5.41) is 7.04. The zero-order valence-corrected chi connectivity index (χ0v) is 19.6. The number of hydrogen-bond donors (Lipinski definition) is 1. The highest BCUT2D eigenvalue weighted by Gasteiger charge is 2.16. The maximum absolute atomic E-state index is 4.85. The predicted molar refractivity (Wildman–Crippen MR) is 133 cm³/mol. The maximum Gasteiger partial charge on any atom is 0.138 e. The number of rotatable bonds is 7. The fourth-order valence-electron chi connectivity index (χ4n) is 4.59. The number of likely N-dealkylation sites (N-methyl/N-ethyl adjacent to an activating group) is 1. The van der Waals surface area contributed by atoms with Crippen LogP contribution >= 0.6 is 0 Å². The Morgan fingerprint density at radius 3 is 2.58 bits per heavy atom. The van der Waals surface area contributed by atoms with Gasteiger partial charge in [0.15, 0.2) is 0 Å². The first-order chi connectivity index (χ1) is 16.1. The molecule has 5 heterocycles. The van der Waals surface area contributed by atoms with Gasteiger partial charge in [0.05, 0.1) is 29.6 Å². The highest BCUT2D eigenvalue weighted by Crippen LogP contribution is 2.33. The molecule has 7 nitrogen and oxygen atoms in total. The van der Waals surface area contributed by atoms with Gasteiger partial charge in [0.2, 0.25) is 0 Å². The molecule has 0 aliphatic heterocycles. The minimum Gasteiger partial charge on any atom is -0.338 e. The van der Waals surface area contributed by atoms with Gasteiger partial charge in [0.1, 0.15) is 5.65 Å². The van der Waals surface area contributed by atoms with Crippen molar-refractivity contribution in [3.63, 3.8) is 0 Å². The summed E-state index contributed by atoms with van der Waals surface area (Å²) in [7, 11) is 0. The van der Waals surface area contributed by atoms with Crippen LogP contribution in [0.4, 0.5) is 0 Å². The zero-order valence-electron chi connectivity index (χ0n) is 19.6. The molecule has 5 aromatic heterocycles. The first kappa shape index (κ1) is 21.3. The second-order valence-corrected chi connectivity index (χ2v) is 8.40. The summed E-state index contributed by atoms with van der Waals surface area (Å²) in [6, 6.07) is 8.29. The average Bonchev–Trinajstić information content (AvgIpc) is 3.35. The van der Waals surface area contributed by atoms with Crippen LogP contribution in [0.5, 0.6) is 0 Å². The van der Waals surface area contributed by atoms with E-state index in [4.69, 9.17) is 10.1 Å². The molecule has 0 aliphatic carbocycles. The van der Waals surface area contributed by atoms with Gasteiger partial charge in [-0.1, -0.05) is 13.8 Å². The zero-order chi connectivity index (χ0) is 22.9. The Hall–Kier alpha value is -3.58. The monoisotopic (exact) mass is 439 g/mol. The normalized spacial score (nSPS) is 11.8. The van der Waals surface area contributed by atoms with Crippen LogP contribution in [0.2, 0.25) is 0 Å². The third kappa shape index (κ3) is 3.89. The third-order valence-electron chi connectivity index (χ3n) is 6.48. The standard InChI is InChI=1S/C26H29N7/c1-5-32(6-2)10-11-33-18(4)25(17(3)31-33)20-12-22-21-13-23(19-8-7-9-27-14-19)28-16-24(21)30-26(22)29-15-20/h7-9,12-16H,5-6,10-11H2,1-4H3,(H,29,30). The SMILES string of the molecule is CCN(CC)CCn1nc(C)c(-c2cnc3[nH]c4cnc(-c5cccnc5)cc4c3c2)c1C. The lowest BCUT2D eigenvalue weighted by molar-refractivity contribution is 0.284. The summed E-state index contributed by atoms with van der Waals surface area (Å²) in [4.78, 5) is 19.4. The number of fused-ring (bicyclic) bond motifs is 3. The van der Waals surface area contributed by atoms with E-state index in [0.29, 0.717) is 0 Å². The van der Waals surface area contributed by atoms with E-state index >= 15 is 0 Å². The summed E-state index contributed by atoms with van der Waals surface area (Å²) in [6.07, 6.45) is 7.43. The van der Waals surface area contributed by atoms with Crippen LogP contribution < -0.4 is 0 Å². The third-order valence-corrected chi connectivity index (χ3v) is 6.48. The summed E-state index contributed by atoms with van der Waals surface area (Å²) in [5.41, 5.74) is 8.21. The van der Waals surface area contributed by atoms with E-state index in [0.717, 1.165) is 70.6 Å². The van der Waals surface area contributed by atoms with Gasteiger partial charge in [-0.25, -0.2) is 4.98 Å². The molecule has 0 saturated carbocycles. The molecule has 0 unspecified atom stereocenters. The molecule has 0 spiro atoms. The number of aromatic amines is 1. The molecule has 0 fully saturated rings. The van der Waals surface area contributed by atoms with Crippen molar-refractivity contribution in [2.45, 2.75) is 34.2 Å². The van der Waals surface area contributed by atoms with Crippen LogP contribution in [0.25, 0.3) is 44.3 Å². The topological polar surface area (TPSA) is 75.5 Å². The Balaban J connectivity index is 1.56. The second-order valence-electron chi connectivity index (χ2n) is 8.40. The van der Waals surface area contributed by atoms with Crippen LogP contribution in [0.1, 0.15) is 25.2 Å². The maximum atomic E-state index is 4.85. The first-order valence-corrected chi connectivity index (χ1v) is 11.5. The molecule has 0 amide bonds. The van der Waals surface area contributed by atoms with Crippen LogP contribution in [0.15, 0.2) is 49.1 Å². The van der Waals surface area contributed by atoms with E-state index in [1.54, 1.807) is 6.20 Å². The van der Waals surface area contributed by atoms with Crippen molar-refractivity contribution in [3.05, 3.63) is 60.4 Å². The summed E-state index contributed by atoms with van der Waals surface area (Å²) < 4.78 is 2.13. The van der Waals surface area contributed by atoms with Crippen molar-refractivity contribution in [2.24, 2.45) is 0 Å². The van der Waals surface area contributed by atoms with Crippen molar-refractivity contribution >= 4 is 21.9 Å². The molecule has 5 rings (SSSR count). The van der Waals surface area contributed by atoms with E-state index in [1.165, 1.54) is 11.3 Å². The van der Waals surface area contributed by atoms with E-state index < -0.39 is 0 Å². The fourth-order valence-corrected chi connectivity index (χ4v) is 4.59. The Labute approximate surface area is 193 Å². The van der Waals surface area contributed by atoms with Crippen molar-refractivity contribution < 1.29 is 0 Å². The smallest absolute Gasteiger partial charge is 0.138 e. The van der Waals surface area contributed by atoms with Gasteiger partial charge in [-0.05, 0) is 51.2 Å². The molecular formula is C26H29N7. The number of pyridine rings is 3. The molecule has 0 radical (unpaired) electrons. The van der Waals surface area contributed by atoms with Gasteiger partial charge < -0.3 is 9.88 Å². The van der Waals surface area contributed by atoms with E-state index in [9.17, 15) is 0 Å².